The maximum Gasteiger partial charge on any atom is 0.115 e. The molecule has 84 valence electrons. The summed E-state index contributed by atoms with van der Waals surface area (Å²) in [5.74, 6) is 0.243. The lowest BCUT2D eigenvalue weighted by molar-refractivity contribution is 0.475. The van der Waals surface area contributed by atoms with Crippen molar-refractivity contribution in [3.05, 3.63) is 54.1 Å². The number of phenols is 1. The van der Waals surface area contributed by atoms with Gasteiger partial charge in [-0.15, -0.1) is 0 Å². The number of nitriles is 1. The Kier molecular flexibility index (Phi) is 2.97. The number of anilines is 2. The molecule has 0 spiro atoms. The summed E-state index contributed by atoms with van der Waals surface area (Å²) in [6, 6.07) is 16.4. The maximum absolute atomic E-state index is 9.23. The Balaban J connectivity index is 2.33. The molecule has 2 rings (SSSR count). The summed E-state index contributed by atoms with van der Waals surface area (Å²) in [6.45, 7) is 0. The number of rotatable bonds is 2. The Morgan fingerprint density at radius 1 is 1.06 bits per heavy atom. The van der Waals surface area contributed by atoms with Gasteiger partial charge in [-0.1, -0.05) is 6.07 Å². The van der Waals surface area contributed by atoms with Crippen LogP contribution in [0.25, 0.3) is 0 Å². The fourth-order valence-electron chi connectivity index (χ4n) is 1.61. The van der Waals surface area contributed by atoms with Crippen LogP contribution in [0.15, 0.2) is 48.5 Å². The van der Waals surface area contributed by atoms with Gasteiger partial charge in [-0.2, -0.15) is 5.26 Å². The minimum Gasteiger partial charge on any atom is -0.508 e. The lowest BCUT2D eigenvalue weighted by Crippen LogP contribution is -2.09. The minimum atomic E-state index is 0.243. The molecule has 1 N–H and O–H groups in total. The van der Waals surface area contributed by atoms with E-state index in [0.717, 1.165) is 11.4 Å². The maximum atomic E-state index is 9.23. The third-order valence-electron chi connectivity index (χ3n) is 2.60. The van der Waals surface area contributed by atoms with E-state index in [1.807, 2.05) is 42.3 Å². The second-order valence-electron chi connectivity index (χ2n) is 3.74. The Labute approximate surface area is 100 Å². The van der Waals surface area contributed by atoms with E-state index in [2.05, 4.69) is 6.07 Å². The van der Waals surface area contributed by atoms with Crippen molar-refractivity contribution < 1.29 is 5.11 Å². The van der Waals surface area contributed by atoms with Crippen molar-refractivity contribution in [2.75, 3.05) is 11.9 Å². The molecule has 2 aromatic carbocycles. The molecule has 0 heterocycles. The van der Waals surface area contributed by atoms with E-state index < -0.39 is 0 Å². The third-order valence-corrected chi connectivity index (χ3v) is 2.60. The fraction of sp³-hybridized carbons (Fsp3) is 0.0714. The van der Waals surface area contributed by atoms with Crippen LogP contribution in [0.2, 0.25) is 0 Å². The highest BCUT2D eigenvalue weighted by Crippen LogP contribution is 2.25. The van der Waals surface area contributed by atoms with Gasteiger partial charge in [0.1, 0.15) is 5.75 Å². The Hall–Kier alpha value is -2.47. The molecule has 17 heavy (non-hydrogen) atoms. The van der Waals surface area contributed by atoms with Crippen molar-refractivity contribution >= 4 is 11.4 Å². The lowest BCUT2D eigenvalue weighted by atomic mass is 10.2. The summed E-state index contributed by atoms with van der Waals surface area (Å²) >= 11 is 0. The lowest BCUT2D eigenvalue weighted by Gasteiger charge is -2.19. The second-order valence-corrected chi connectivity index (χ2v) is 3.74. The largest absolute Gasteiger partial charge is 0.508 e. The summed E-state index contributed by atoms with van der Waals surface area (Å²) < 4.78 is 0. The first-order valence-corrected chi connectivity index (χ1v) is 5.23. The highest BCUT2D eigenvalue weighted by atomic mass is 16.3. The van der Waals surface area contributed by atoms with Gasteiger partial charge in [0.2, 0.25) is 0 Å². The molecular formula is C14H12N2O. The van der Waals surface area contributed by atoms with Crippen molar-refractivity contribution in [1.29, 1.82) is 5.26 Å². The van der Waals surface area contributed by atoms with Crippen molar-refractivity contribution in [3.8, 4) is 11.8 Å². The van der Waals surface area contributed by atoms with Crippen LogP contribution in [0.1, 0.15) is 5.56 Å². The Morgan fingerprint density at radius 2 is 1.76 bits per heavy atom. The Bertz CT molecular complexity index is 555. The van der Waals surface area contributed by atoms with Crippen molar-refractivity contribution in [2.24, 2.45) is 0 Å². The van der Waals surface area contributed by atoms with Crippen LogP contribution in [-0.4, -0.2) is 12.2 Å². The molecule has 3 nitrogen and oxygen atoms in total. The molecule has 3 heteroatoms. The molecule has 0 saturated heterocycles. The Morgan fingerprint density at radius 3 is 2.41 bits per heavy atom. The summed E-state index contributed by atoms with van der Waals surface area (Å²) in [5.41, 5.74) is 2.53. The van der Waals surface area contributed by atoms with Crippen LogP contribution < -0.4 is 4.90 Å². The third kappa shape index (κ3) is 2.37. The molecule has 0 bridgehead atoms. The summed E-state index contributed by atoms with van der Waals surface area (Å²) in [6.07, 6.45) is 0. The van der Waals surface area contributed by atoms with Gasteiger partial charge in [0.15, 0.2) is 0 Å². The average Bonchev–Trinajstić information content (AvgIpc) is 2.39. The van der Waals surface area contributed by atoms with Crippen molar-refractivity contribution in [3.63, 3.8) is 0 Å². The summed E-state index contributed by atoms with van der Waals surface area (Å²) in [7, 11) is 1.92. The van der Waals surface area contributed by atoms with Gasteiger partial charge in [-0.25, -0.2) is 0 Å². The van der Waals surface area contributed by atoms with Gasteiger partial charge in [-0.3, -0.25) is 0 Å². The zero-order valence-electron chi connectivity index (χ0n) is 9.46. The quantitative estimate of drug-likeness (QED) is 0.852. The first kappa shape index (κ1) is 11.0. The van der Waals surface area contributed by atoms with Gasteiger partial charge in [0, 0.05) is 18.4 Å². The first-order chi connectivity index (χ1) is 8.20. The SMILES string of the molecule is CN(c1ccc(O)cc1)c1cccc(C#N)c1. The summed E-state index contributed by atoms with van der Waals surface area (Å²) in [5, 5.41) is 18.1. The van der Waals surface area contributed by atoms with E-state index in [4.69, 9.17) is 5.26 Å². The average molecular weight is 224 g/mol. The van der Waals surface area contributed by atoms with Crippen LogP contribution in [0.3, 0.4) is 0 Å². The molecule has 0 radical (unpaired) electrons. The van der Waals surface area contributed by atoms with Crippen LogP contribution in [0.4, 0.5) is 11.4 Å². The molecule has 0 aromatic heterocycles. The number of aromatic hydroxyl groups is 1. The standard InChI is InChI=1S/C14H12N2O/c1-16(12-5-7-14(17)8-6-12)13-4-2-3-11(9-13)10-15/h2-9,17H,1H3. The highest BCUT2D eigenvalue weighted by Gasteiger charge is 2.04. The molecular weight excluding hydrogens is 212 g/mol. The van der Waals surface area contributed by atoms with Crippen LogP contribution >= 0.6 is 0 Å². The second kappa shape index (κ2) is 4.58. The fourth-order valence-corrected chi connectivity index (χ4v) is 1.61. The molecule has 0 amide bonds. The van der Waals surface area contributed by atoms with E-state index in [0.29, 0.717) is 5.56 Å². The van der Waals surface area contributed by atoms with Crippen molar-refractivity contribution in [2.45, 2.75) is 0 Å². The van der Waals surface area contributed by atoms with Gasteiger partial charge in [-0.05, 0) is 42.5 Å². The van der Waals surface area contributed by atoms with E-state index in [-0.39, 0.29) is 5.75 Å². The highest BCUT2D eigenvalue weighted by molar-refractivity contribution is 5.64. The number of phenolic OH excluding ortho intramolecular Hbond substituents is 1. The monoisotopic (exact) mass is 224 g/mol. The molecule has 0 aliphatic rings. The molecule has 0 unspecified atom stereocenters. The van der Waals surface area contributed by atoms with Crippen molar-refractivity contribution in [1.82, 2.24) is 0 Å². The molecule has 0 aliphatic heterocycles. The molecule has 0 fully saturated rings. The van der Waals surface area contributed by atoms with Crippen LogP contribution in [0, 0.1) is 11.3 Å². The van der Waals surface area contributed by atoms with Crippen LogP contribution in [0.5, 0.6) is 5.75 Å². The number of nitrogens with zero attached hydrogens (tertiary/aromatic N) is 2. The normalized spacial score (nSPS) is 9.65. The van der Waals surface area contributed by atoms with Crippen LogP contribution in [-0.2, 0) is 0 Å². The number of benzene rings is 2. The molecule has 2 aromatic rings. The minimum absolute atomic E-state index is 0.243. The number of hydrogen-bond acceptors (Lipinski definition) is 3. The number of hydrogen-bond donors (Lipinski definition) is 1. The predicted octanol–water partition coefficient (Wildman–Crippen LogP) is 3.03. The van der Waals surface area contributed by atoms with Gasteiger partial charge < -0.3 is 10.0 Å². The molecule has 0 saturated carbocycles. The zero-order valence-corrected chi connectivity index (χ0v) is 9.46. The van der Waals surface area contributed by atoms with E-state index >= 15 is 0 Å². The first-order valence-electron chi connectivity index (χ1n) is 5.23. The van der Waals surface area contributed by atoms with Gasteiger partial charge in [0.25, 0.3) is 0 Å². The van der Waals surface area contributed by atoms with E-state index in [9.17, 15) is 5.11 Å². The molecule has 0 aliphatic carbocycles. The summed E-state index contributed by atoms with van der Waals surface area (Å²) in [4.78, 5) is 1.96. The topological polar surface area (TPSA) is 47.3 Å². The zero-order chi connectivity index (χ0) is 12.3. The molecule has 0 atom stereocenters. The van der Waals surface area contributed by atoms with Gasteiger partial charge >= 0.3 is 0 Å². The van der Waals surface area contributed by atoms with E-state index in [1.54, 1.807) is 18.2 Å². The van der Waals surface area contributed by atoms with E-state index in [1.165, 1.54) is 0 Å². The van der Waals surface area contributed by atoms with Gasteiger partial charge in [0.05, 0.1) is 11.6 Å². The predicted molar refractivity (Wildman–Crippen MR) is 67.3 cm³/mol. The smallest absolute Gasteiger partial charge is 0.115 e.